The van der Waals surface area contributed by atoms with Crippen molar-refractivity contribution >= 4 is 45.4 Å². The van der Waals surface area contributed by atoms with E-state index in [0.29, 0.717) is 33.6 Å². The Morgan fingerprint density at radius 3 is 2.75 bits per heavy atom. The summed E-state index contributed by atoms with van der Waals surface area (Å²) in [5, 5.41) is 16.4. The molecule has 3 rings (SSSR count). The number of aryl methyl sites for hydroxylation is 1. The van der Waals surface area contributed by atoms with Gasteiger partial charge in [0.15, 0.2) is 0 Å². The average molecular weight is 475 g/mol. The van der Waals surface area contributed by atoms with Crippen molar-refractivity contribution in [2.45, 2.75) is 38.5 Å². The van der Waals surface area contributed by atoms with E-state index in [1.54, 1.807) is 30.1 Å². The number of hydrogen-bond donors (Lipinski definition) is 2. The Labute approximate surface area is 197 Å². The van der Waals surface area contributed by atoms with Crippen molar-refractivity contribution in [1.29, 1.82) is 5.26 Å². The average Bonchev–Trinajstić information content (AvgIpc) is 2.91. The number of nitrogens with one attached hydrogen (secondary N) is 2. The van der Waals surface area contributed by atoms with E-state index in [4.69, 9.17) is 16.3 Å². The van der Waals surface area contributed by atoms with Gasteiger partial charge in [-0.05, 0) is 56.5 Å². The molecule has 32 heavy (non-hydrogen) atoms. The van der Waals surface area contributed by atoms with Crippen LogP contribution in [0, 0.1) is 11.3 Å². The van der Waals surface area contributed by atoms with Crippen LogP contribution in [-0.2, 0) is 22.4 Å². The quantitative estimate of drug-likeness (QED) is 0.551. The highest BCUT2D eigenvalue weighted by atomic mass is 35.5. The minimum atomic E-state index is -0.234. The summed E-state index contributed by atoms with van der Waals surface area (Å²) in [7, 11) is 3.29. The van der Waals surface area contributed by atoms with E-state index in [2.05, 4.69) is 16.7 Å². The largest absolute Gasteiger partial charge is 0.495 e. The van der Waals surface area contributed by atoms with Gasteiger partial charge in [0.1, 0.15) is 16.8 Å². The topological polar surface area (TPSA) is 94.5 Å². The van der Waals surface area contributed by atoms with E-state index in [9.17, 15) is 14.9 Å². The molecule has 0 aliphatic heterocycles. The highest BCUT2D eigenvalue weighted by molar-refractivity contribution is 7.16. The maximum Gasteiger partial charge on any atom is 0.238 e. The van der Waals surface area contributed by atoms with Gasteiger partial charge in [-0.3, -0.25) is 14.5 Å². The summed E-state index contributed by atoms with van der Waals surface area (Å²) >= 11 is 7.52. The van der Waals surface area contributed by atoms with Crippen LogP contribution < -0.4 is 15.4 Å². The predicted octanol–water partition coefficient (Wildman–Crippen LogP) is 4.45. The molecule has 1 aromatic heterocycles. The first-order valence-corrected chi connectivity index (χ1v) is 11.8. The summed E-state index contributed by atoms with van der Waals surface area (Å²) < 4.78 is 5.24. The maximum atomic E-state index is 12.5. The van der Waals surface area contributed by atoms with Gasteiger partial charge in [0.05, 0.1) is 24.9 Å². The fraction of sp³-hybridized carbons (Fsp3) is 0.435. The molecule has 2 amide bonds. The summed E-state index contributed by atoms with van der Waals surface area (Å²) in [4.78, 5) is 27.9. The molecule has 1 aliphatic rings. The van der Waals surface area contributed by atoms with Crippen molar-refractivity contribution in [2.75, 3.05) is 37.9 Å². The number of fused-ring (bicyclic) bond motifs is 1. The zero-order valence-electron chi connectivity index (χ0n) is 18.3. The second-order valence-electron chi connectivity index (χ2n) is 7.81. The number of hydrogen-bond acceptors (Lipinski definition) is 6. The zero-order chi connectivity index (χ0) is 23.1. The van der Waals surface area contributed by atoms with Gasteiger partial charge in [0.25, 0.3) is 0 Å². The number of methoxy groups -OCH3 is 1. The highest BCUT2D eigenvalue weighted by Gasteiger charge is 2.21. The minimum absolute atomic E-state index is 0.111. The van der Waals surface area contributed by atoms with Gasteiger partial charge in [-0.2, -0.15) is 5.26 Å². The number of amides is 2. The van der Waals surface area contributed by atoms with Crippen LogP contribution in [0.15, 0.2) is 18.2 Å². The molecular formula is C23H27ClN4O3S. The lowest BCUT2D eigenvalue weighted by atomic mass is 10.1. The number of carbonyl (C=O) groups excluding carboxylic acids is 2. The summed E-state index contributed by atoms with van der Waals surface area (Å²) in [6.07, 6.45) is 5.48. The lowest BCUT2D eigenvalue weighted by molar-refractivity contribution is -0.119. The van der Waals surface area contributed by atoms with E-state index in [1.165, 1.54) is 29.7 Å². The van der Waals surface area contributed by atoms with E-state index in [1.807, 2.05) is 0 Å². The van der Waals surface area contributed by atoms with E-state index in [-0.39, 0.29) is 24.8 Å². The molecule has 0 bridgehead atoms. The maximum absolute atomic E-state index is 12.5. The molecule has 2 N–H and O–H groups in total. The summed E-state index contributed by atoms with van der Waals surface area (Å²) in [6, 6.07) is 7.27. The third-order valence-electron chi connectivity index (χ3n) is 5.36. The molecule has 0 unspecified atom stereocenters. The first-order chi connectivity index (χ1) is 15.4. The molecule has 1 aliphatic carbocycles. The Balaban J connectivity index is 1.51. The molecule has 9 heteroatoms. The Bertz CT molecular complexity index is 1030. The minimum Gasteiger partial charge on any atom is -0.495 e. The van der Waals surface area contributed by atoms with Gasteiger partial charge in [-0.15, -0.1) is 11.3 Å². The second kappa shape index (κ2) is 11.3. The molecule has 0 fully saturated rings. The molecule has 0 saturated heterocycles. The predicted molar refractivity (Wildman–Crippen MR) is 128 cm³/mol. The number of rotatable bonds is 8. The molecular weight excluding hydrogens is 448 g/mol. The van der Waals surface area contributed by atoms with Crippen LogP contribution in [0.3, 0.4) is 0 Å². The first-order valence-electron chi connectivity index (χ1n) is 10.6. The summed E-state index contributed by atoms with van der Waals surface area (Å²) in [5.74, 6) is 0.122. The Morgan fingerprint density at radius 2 is 2.00 bits per heavy atom. The Morgan fingerprint density at radius 1 is 1.22 bits per heavy atom. The number of nitriles is 1. The summed E-state index contributed by atoms with van der Waals surface area (Å²) in [6.45, 7) is 0.513. The fourth-order valence-corrected chi connectivity index (χ4v) is 5.15. The van der Waals surface area contributed by atoms with E-state index >= 15 is 0 Å². The van der Waals surface area contributed by atoms with E-state index in [0.717, 1.165) is 31.2 Å². The van der Waals surface area contributed by atoms with Gasteiger partial charge in [0, 0.05) is 22.9 Å². The number of thiophene rings is 1. The van der Waals surface area contributed by atoms with Crippen molar-refractivity contribution in [2.24, 2.45) is 0 Å². The second-order valence-corrected chi connectivity index (χ2v) is 9.35. The SMILES string of the molecule is COc1ccc(Cl)cc1NC(=O)CN(C)CCC(=O)Nc1sc2c(c1C#N)CCCCC2. The van der Waals surface area contributed by atoms with Crippen LogP contribution in [0.25, 0.3) is 0 Å². The fourth-order valence-electron chi connectivity index (χ4n) is 3.72. The smallest absolute Gasteiger partial charge is 0.238 e. The number of halogens is 1. The standard InChI is InChI=1S/C23H27ClN4O3S/c1-28(14-22(30)26-18-12-15(24)8-9-19(18)31-2)11-10-21(29)27-23-17(13-25)16-6-4-3-5-7-20(16)32-23/h8-9,12H,3-7,10-11,14H2,1-2H3,(H,26,30)(H,27,29). The lowest BCUT2D eigenvalue weighted by Crippen LogP contribution is -2.32. The van der Waals surface area contributed by atoms with Crippen LogP contribution in [0.1, 0.15) is 41.7 Å². The number of anilines is 2. The third-order valence-corrected chi connectivity index (χ3v) is 6.80. The van der Waals surface area contributed by atoms with Gasteiger partial charge >= 0.3 is 0 Å². The normalized spacial score (nSPS) is 13.1. The van der Waals surface area contributed by atoms with Crippen molar-refractivity contribution in [1.82, 2.24) is 4.90 Å². The van der Waals surface area contributed by atoms with Gasteiger partial charge in [-0.25, -0.2) is 0 Å². The first kappa shape index (κ1) is 24.1. The van der Waals surface area contributed by atoms with Gasteiger partial charge in [-0.1, -0.05) is 18.0 Å². The number of ether oxygens (including phenoxy) is 1. The van der Waals surface area contributed by atoms with Crippen molar-refractivity contribution in [3.63, 3.8) is 0 Å². The number of carbonyl (C=O) groups is 2. The molecule has 0 atom stereocenters. The number of likely N-dealkylation sites (N-methyl/N-ethyl adjacent to an activating group) is 1. The molecule has 7 nitrogen and oxygen atoms in total. The molecule has 1 heterocycles. The van der Waals surface area contributed by atoms with Crippen LogP contribution in [0.5, 0.6) is 5.75 Å². The van der Waals surface area contributed by atoms with Gasteiger partial charge in [0.2, 0.25) is 11.8 Å². The van der Waals surface area contributed by atoms with Gasteiger partial charge < -0.3 is 15.4 Å². The van der Waals surface area contributed by atoms with Crippen molar-refractivity contribution in [3.8, 4) is 11.8 Å². The number of nitrogens with zero attached hydrogens (tertiary/aromatic N) is 2. The van der Waals surface area contributed by atoms with Crippen LogP contribution in [0.2, 0.25) is 5.02 Å². The van der Waals surface area contributed by atoms with Crippen LogP contribution >= 0.6 is 22.9 Å². The molecule has 0 spiro atoms. The van der Waals surface area contributed by atoms with Crippen molar-refractivity contribution in [3.05, 3.63) is 39.2 Å². The molecule has 0 saturated carbocycles. The third kappa shape index (κ3) is 6.22. The Kier molecular flexibility index (Phi) is 8.51. The lowest BCUT2D eigenvalue weighted by Gasteiger charge is -2.17. The van der Waals surface area contributed by atoms with Crippen LogP contribution in [0.4, 0.5) is 10.7 Å². The summed E-state index contributed by atoms with van der Waals surface area (Å²) in [5.41, 5.74) is 2.22. The highest BCUT2D eigenvalue weighted by Crippen LogP contribution is 2.37. The van der Waals surface area contributed by atoms with E-state index < -0.39 is 0 Å². The molecule has 1 aromatic carbocycles. The Hall–Kier alpha value is -2.60. The monoisotopic (exact) mass is 474 g/mol. The van der Waals surface area contributed by atoms with Crippen molar-refractivity contribution < 1.29 is 14.3 Å². The zero-order valence-corrected chi connectivity index (χ0v) is 19.9. The number of benzene rings is 1. The molecule has 2 aromatic rings. The van der Waals surface area contributed by atoms with Crippen LogP contribution in [-0.4, -0.2) is 44.0 Å². The molecule has 0 radical (unpaired) electrons. The molecule has 170 valence electrons.